The van der Waals surface area contributed by atoms with Gasteiger partial charge in [0, 0.05) is 45.3 Å². The molecule has 0 aliphatic heterocycles. The molecule has 0 spiro atoms. The van der Waals surface area contributed by atoms with Crippen LogP contribution in [0.2, 0.25) is 5.02 Å². The molecule has 6 nitrogen and oxygen atoms in total. The predicted octanol–water partition coefficient (Wildman–Crippen LogP) is 1.40. The third kappa shape index (κ3) is 5.21. The standard InChI is InChI=1S/C18H25ClN4O2/c1-21(16-13-17(24)23(3)18(25)22(16)2)12-11-20-10-4-5-14-6-8-15(19)9-7-14/h6-9,13,20H,4-5,10-12H2,1-3H3. The number of benzene rings is 1. The molecule has 1 N–H and O–H groups in total. The Bertz CT molecular complexity index is 811. The zero-order valence-electron chi connectivity index (χ0n) is 15.0. The van der Waals surface area contributed by atoms with Gasteiger partial charge in [-0.15, -0.1) is 0 Å². The normalized spacial score (nSPS) is 10.9. The molecule has 1 heterocycles. The van der Waals surface area contributed by atoms with Gasteiger partial charge in [0.15, 0.2) is 0 Å². The van der Waals surface area contributed by atoms with Crippen molar-refractivity contribution in [3.63, 3.8) is 0 Å². The summed E-state index contributed by atoms with van der Waals surface area (Å²) in [4.78, 5) is 25.7. The molecule has 2 rings (SSSR count). The van der Waals surface area contributed by atoms with E-state index in [2.05, 4.69) is 5.32 Å². The minimum absolute atomic E-state index is 0.291. The lowest BCUT2D eigenvalue weighted by Gasteiger charge is -2.22. The molecule has 7 heteroatoms. The fraction of sp³-hybridized carbons (Fsp3) is 0.444. The summed E-state index contributed by atoms with van der Waals surface area (Å²) in [6, 6.07) is 9.41. The number of likely N-dealkylation sites (N-methyl/N-ethyl adjacent to an activating group) is 1. The van der Waals surface area contributed by atoms with Gasteiger partial charge < -0.3 is 10.2 Å². The molecule has 0 unspecified atom stereocenters. The van der Waals surface area contributed by atoms with Gasteiger partial charge in [0.1, 0.15) is 5.82 Å². The minimum atomic E-state index is -0.315. The second-order valence-corrected chi connectivity index (χ2v) is 6.58. The van der Waals surface area contributed by atoms with Gasteiger partial charge in [0.25, 0.3) is 5.56 Å². The van der Waals surface area contributed by atoms with Crippen molar-refractivity contribution in [1.29, 1.82) is 0 Å². The fourth-order valence-electron chi connectivity index (χ4n) is 2.64. The first-order valence-electron chi connectivity index (χ1n) is 8.33. The van der Waals surface area contributed by atoms with Crippen molar-refractivity contribution in [2.45, 2.75) is 12.8 Å². The number of nitrogens with one attached hydrogen (secondary N) is 1. The second kappa shape index (κ2) is 8.87. The third-order valence-corrected chi connectivity index (χ3v) is 4.50. The van der Waals surface area contributed by atoms with Crippen LogP contribution in [0, 0.1) is 0 Å². The lowest BCUT2D eigenvalue weighted by Crippen LogP contribution is -2.40. The van der Waals surface area contributed by atoms with E-state index < -0.39 is 0 Å². The molecule has 0 atom stereocenters. The topological polar surface area (TPSA) is 59.3 Å². The number of rotatable bonds is 8. The molecule has 0 radical (unpaired) electrons. The molecule has 0 aliphatic rings. The lowest BCUT2D eigenvalue weighted by molar-refractivity contribution is 0.628. The molecule has 25 heavy (non-hydrogen) atoms. The molecule has 0 saturated carbocycles. The van der Waals surface area contributed by atoms with E-state index in [4.69, 9.17) is 11.6 Å². The van der Waals surface area contributed by atoms with Crippen molar-refractivity contribution < 1.29 is 0 Å². The van der Waals surface area contributed by atoms with E-state index in [-0.39, 0.29) is 11.2 Å². The summed E-state index contributed by atoms with van der Waals surface area (Å²) in [6.45, 7) is 2.40. The molecule has 1 aromatic heterocycles. The van der Waals surface area contributed by atoms with E-state index in [9.17, 15) is 9.59 Å². The quantitative estimate of drug-likeness (QED) is 0.719. The third-order valence-electron chi connectivity index (χ3n) is 4.25. The molecule has 136 valence electrons. The van der Waals surface area contributed by atoms with Gasteiger partial charge in [-0.05, 0) is 37.1 Å². The maximum absolute atomic E-state index is 12.0. The van der Waals surface area contributed by atoms with Crippen molar-refractivity contribution >= 4 is 17.4 Å². The molecule has 0 saturated heterocycles. The molecular weight excluding hydrogens is 340 g/mol. The summed E-state index contributed by atoms with van der Waals surface area (Å²) < 4.78 is 2.59. The SMILES string of the molecule is CN(CCNCCCc1ccc(Cl)cc1)c1cc(=O)n(C)c(=O)n1C. The van der Waals surface area contributed by atoms with E-state index >= 15 is 0 Å². The molecule has 2 aromatic rings. The van der Waals surface area contributed by atoms with E-state index in [1.165, 1.54) is 23.2 Å². The average molecular weight is 365 g/mol. The van der Waals surface area contributed by atoms with Gasteiger partial charge in [0.05, 0.1) is 0 Å². The Morgan fingerprint density at radius 3 is 2.44 bits per heavy atom. The van der Waals surface area contributed by atoms with E-state index in [1.807, 2.05) is 36.2 Å². The highest BCUT2D eigenvalue weighted by molar-refractivity contribution is 6.30. The van der Waals surface area contributed by atoms with Crippen LogP contribution in [0.1, 0.15) is 12.0 Å². The maximum Gasteiger partial charge on any atom is 0.332 e. The maximum atomic E-state index is 12.0. The highest BCUT2D eigenvalue weighted by Crippen LogP contribution is 2.10. The number of nitrogens with zero attached hydrogens (tertiary/aromatic N) is 3. The Balaban J connectivity index is 1.76. The van der Waals surface area contributed by atoms with Crippen LogP contribution < -0.4 is 21.5 Å². The van der Waals surface area contributed by atoms with Crippen molar-refractivity contribution in [2.24, 2.45) is 14.1 Å². The van der Waals surface area contributed by atoms with Gasteiger partial charge in [-0.1, -0.05) is 23.7 Å². The number of hydrogen-bond acceptors (Lipinski definition) is 4. The first-order valence-corrected chi connectivity index (χ1v) is 8.71. The molecule has 0 fully saturated rings. The smallest absolute Gasteiger partial charge is 0.332 e. The summed E-state index contributed by atoms with van der Waals surface area (Å²) in [5.41, 5.74) is 0.671. The second-order valence-electron chi connectivity index (χ2n) is 6.14. The molecule has 1 aromatic carbocycles. The van der Waals surface area contributed by atoms with Gasteiger partial charge in [-0.3, -0.25) is 13.9 Å². The Morgan fingerprint density at radius 1 is 1.08 bits per heavy atom. The van der Waals surface area contributed by atoms with Crippen LogP contribution in [-0.2, 0) is 20.5 Å². The Kier molecular flexibility index (Phi) is 6.84. The number of aryl methyl sites for hydroxylation is 1. The van der Waals surface area contributed by atoms with Crippen molar-refractivity contribution in [3.8, 4) is 0 Å². The number of halogens is 1. The summed E-state index contributed by atoms with van der Waals surface area (Å²) >= 11 is 5.87. The molecule has 0 bridgehead atoms. The van der Waals surface area contributed by atoms with Crippen LogP contribution >= 0.6 is 11.6 Å². The molecule has 0 aliphatic carbocycles. The molecule has 0 amide bonds. The predicted molar refractivity (Wildman–Crippen MR) is 103 cm³/mol. The Hall–Kier alpha value is -2.05. The summed E-state index contributed by atoms with van der Waals surface area (Å²) in [7, 11) is 5.04. The van der Waals surface area contributed by atoms with Crippen molar-refractivity contribution in [2.75, 3.05) is 31.6 Å². The van der Waals surface area contributed by atoms with Crippen LogP contribution in [0.15, 0.2) is 39.9 Å². The van der Waals surface area contributed by atoms with E-state index in [0.717, 1.165) is 35.5 Å². The van der Waals surface area contributed by atoms with Gasteiger partial charge in [-0.2, -0.15) is 0 Å². The molecular formula is C18H25ClN4O2. The van der Waals surface area contributed by atoms with Crippen LogP contribution in [0.5, 0.6) is 0 Å². The average Bonchev–Trinajstić information content (AvgIpc) is 2.60. The van der Waals surface area contributed by atoms with Crippen LogP contribution in [0.4, 0.5) is 5.82 Å². The highest BCUT2D eigenvalue weighted by Gasteiger charge is 2.09. The largest absolute Gasteiger partial charge is 0.360 e. The van der Waals surface area contributed by atoms with Gasteiger partial charge in [-0.25, -0.2) is 4.79 Å². The zero-order chi connectivity index (χ0) is 18.4. The van der Waals surface area contributed by atoms with E-state index in [0.29, 0.717) is 12.4 Å². The van der Waals surface area contributed by atoms with E-state index in [1.54, 1.807) is 7.05 Å². The summed E-state index contributed by atoms with van der Waals surface area (Å²) in [6.07, 6.45) is 2.04. The van der Waals surface area contributed by atoms with Crippen molar-refractivity contribution in [1.82, 2.24) is 14.5 Å². The number of anilines is 1. The van der Waals surface area contributed by atoms with Crippen LogP contribution in [0.3, 0.4) is 0 Å². The Labute approximate surface area is 152 Å². The number of aromatic nitrogens is 2. The van der Waals surface area contributed by atoms with Crippen molar-refractivity contribution in [3.05, 3.63) is 61.8 Å². The fourth-order valence-corrected chi connectivity index (χ4v) is 2.77. The first kappa shape index (κ1) is 19.3. The lowest BCUT2D eigenvalue weighted by atomic mass is 10.1. The van der Waals surface area contributed by atoms with Crippen LogP contribution in [0.25, 0.3) is 0 Å². The summed E-state index contributed by atoms with van der Waals surface area (Å²) in [5.74, 6) is 0.621. The van der Waals surface area contributed by atoms with Crippen LogP contribution in [-0.4, -0.2) is 35.8 Å². The monoisotopic (exact) mass is 364 g/mol. The Morgan fingerprint density at radius 2 is 1.76 bits per heavy atom. The summed E-state index contributed by atoms with van der Waals surface area (Å²) in [5, 5.41) is 4.15. The van der Waals surface area contributed by atoms with Gasteiger partial charge in [0.2, 0.25) is 0 Å². The minimum Gasteiger partial charge on any atom is -0.360 e. The van der Waals surface area contributed by atoms with Gasteiger partial charge >= 0.3 is 5.69 Å². The number of hydrogen-bond donors (Lipinski definition) is 1. The first-order chi connectivity index (χ1) is 11.9. The highest BCUT2D eigenvalue weighted by atomic mass is 35.5. The zero-order valence-corrected chi connectivity index (χ0v) is 15.7.